The van der Waals surface area contributed by atoms with Crippen molar-refractivity contribution in [3.05, 3.63) is 16.9 Å². The predicted octanol–water partition coefficient (Wildman–Crippen LogP) is 2.04. The molecule has 14 heavy (non-hydrogen) atoms. The van der Waals surface area contributed by atoms with Gasteiger partial charge in [0.25, 0.3) is 0 Å². The predicted molar refractivity (Wildman–Crippen MR) is 60.1 cm³/mol. The van der Waals surface area contributed by atoms with E-state index in [0.29, 0.717) is 0 Å². The summed E-state index contributed by atoms with van der Waals surface area (Å²) in [4.78, 5) is 0. The van der Waals surface area contributed by atoms with Crippen molar-refractivity contribution in [2.75, 3.05) is 13.1 Å². The Morgan fingerprint density at radius 3 is 3.21 bits per heavy atom. The molecule has 0 aromatic carbocycles. The molecular weight excluding hydrogens is 242 g/mol. The van der Waals surface area contributed by atoms with Crippen molar-refractivity contribution in [1.82, 2.24) is 15.1 Å². The molecule has 1 N–H and O–H groups in total. The van der Waals surface area contributed by atoms with E-state index in [1.165, 1.54) is 32.4 Å². The summed E-state index contributed by atoms with van der Waals surface area (Å²) in [6.45, 7) is 3.40. The molecule has 0 radical (unpaired) electrons. The summed E-state index contributed by atoms with van der Waals surface area (Å²) < 4.78 is 3.11. The van der Waals surface area contributed by atoms with Crippen LogP contribution in [0.4, 0.5) is 0 Å². The molecule has 0 spiro atoms. The molecular formula is C10H16BrN3. The average molecular weight is 258 g/mol. The molecule has 1 aliphatic heterocycles. The highest BCUT2D eigenvalue weighted by Crippen LogP contribution is 2.16. The number of piperidine rings is 1. The first-order chi connectivity index (χ1) is 6.86. The summed E-state index contributed by atoms with van der Waals surface area (Å²) in [5, 5.41) is 7.69. The van der Waals surface area contributed by atoms with Crippen molar-refractivity contribution < 1.29 is 0 Å². The van der Waals surface area contributed by atoms with Crippen molar-refractivity contribution in [3.63, 3.8) is 0 Å². The molecule has 1 atom stereocenters. The minimum absolute atomic E-state index is 0.833. The van der Waals surface area contributed by atoms with Crippen molar-refractivity contribution in [1.29, 1.82) is 0 Å². The molecule has 0 bridgehead atoms. The van der Waals surface area contributed by atoms with Gasteiger partial charge in [-0.15, -0.1) is 0 Å². The molecule has 78 valence electrons. The molecule has 0 saturated carbocycles. The number of nitrogens with one attached hydrogen (secondary N) is 1. The summed E-state index contributed by atoms with van der Waals surface area (Å²) in [5.74, 6) is 0.833. The summed E-state index contributed by atoms with van der Waals surface area (Å²) in [6, 6.07) is 1.99. The van der Waals surface area contributed by atoms with Gasteiger partial charge in [0, 0.05) is 6.54 Å². The number of aromatic nitrogens is 2. The summed E-state index contributed by atoms with van der Waals surface area (Å²) in [7, 11) is 0. The molecule has 1 saturated heterocycles. The van der Waals surface area contributed by atoms with Crippen LogP contribution in [-0.4, -0.2) is 22.9 Å². The van der Waals surface area contributed by atoms with Gasteiger partial charge < -0.3 is 5.32 Å². The standard InChI is InChI=1S/C10H16BrN3/c11-10-3-6-13-14(10)7-4-9-2-1-5-12-8-9/h3,6,9,12H,1-2,4-5,7-8H2. The van der Waals surface area contributed by atoms with Gasteiger partial charge in [0.15, 0.2) is 0 Å². The molecule has 2 heterocycles. The normalized spacial score (nSPS) is 22.5. The van der Waals surface area contributed by atoms with Gasteiger partial charge in [-0.1, -0.05) is 0 Å². The zero-order valence-corrected chi connectivity index (χ0v) is 9.83. The second-order valence-electron chi connectivity index (χ2n) is 3.88. The first-order valence-electron chi connectivity index (χ1n) is 5.24. The van der Waals surface area contributed by atoms with Gasteiger partial charge in [-0.2, -0.15) is 5.10 Å². The molecule has 1 aromatic heterocycles. The van der Waals surface area contributed by atoms with E-state index in [2.05, 4.69) is 26.3 Å². The van der Waals surface area contributed by atoms with E-state index in [0.717, 1.165) is 17.1 Å². The summed E-state index contributed by atoms with van der Waals surface area (Å²) >= 11 is 3.48. The fourth-order valence-corrected chi connectivity index (χ4v) is 2.34. The maximum absolute atomic E-state index is 4.25. The monoisotopic (exact) mass is 257 g/mol. The Morgan fingerprint density at radius 1 is 1.64 bits per heavy atom. The SMILES string of the molecule is Brc1ccnn1CCC1CCCNC1. The highest BCUT2D eigenvalue weighted by Gasteiger charge is 2.12. The number of hydrogen-bond donors (Lipinski definition) is 1. The van der Waals surface area contributed by atoms with Crippen molar-refractivity contribution in [2.45, 2.75) is 25.8 Å². The third-order valence-electron chi connectivity index (χ3n) is 2.81. The van der Waals surface area contributed by atoms with E-state index in [-0.39, 0.29) is 0 Å². The number of nitrogens with zero attached hydrogens (tertiary/aromatic N) is 2. The van der Waals surface area contributed by atoms with E-state index >= 15 is 0 Å². The number of hydrogen-bond acceptors (Lipinski definition) is 2. The lowest BCUT2D eigenvalue weighted by molar-refractivity contribution is 0.334. The van der Waals surface area contributed by atoms with E-state index in [1.54, 1.807) is 0 Å². The first kappa shape index (κ1) is 10.2. The second kappa shape index (κ2) is 4.94. The molecule has 0 aliphatic carbocycles. The van der Waals surface area contributed by atoms with E-state index in [4.69, 9.17) is 0 Å². The highest BCUT2D eigenvalue weighted by molar-refractivity contribution is 9.10. The first-order valence-corrected chi connectivity index (χ1v) is 6.03. The zero-order valence-electron chi connectivity index (χ0n) is 8.25. The molecule has 1 aliphatic rings. The van der Waals surface area contributed by atoms with Gasteiger partial charge in [-0.05, 0) is 60.3 Å². The average Bonchev–Trinajstić information content (AvgIpc) is 2.63. The molecule has 4 heteroatoms. The van der Waals surface area contributed by atoms with Gasteiger partial charge in [0.05, 0.1) is 6.20 Å². The van der Waals surface area contributed by atoms with Crippen LogP contribution in [0.5, 0.6) is 0 Å². The topological polar surface area (TPSA) is 29.9 Å². The molecule has 1 aromatic rings. The third-order valence-corrected chi connectivity index (χ3v) is 3.49. The van der Waals surface area contributed by atoms with E-state index < -0.39 is 0 Å². The smallest absolute Gasteiger partial charge is 0.104 e. The van der Waals surface area contributed by atoms with Crippen molar-refractivity contribution in [2.24, 2.45) is 5.92 Å². The Hall–Kier alpha value is -0.350. The van der Waals surface area contributed by atoms with Gasteiger partial charge in [-0.3, -0.25) is 4.68 Å². The van der Waals surface area contributed by atoms with Crippen LogP contribution in [0, 0.1) is 5.92 Å². The zero-order chi connectivity index (χ0) is 9.80. The van der Waals surface area contributed by atoms with E-state index in [9.17, 15) is 0 Å². The Bertz CT molecular complexity index is 279. The minimum atomic E-state index is 0.833. The number of aryl methyl sites for hydroxylation is 1. The van der Waals surface area contributed by atoms with Crippen molar-refractivity contribution >= 4 is 15.9 Å². The van der Waals surface area contributed by atoms with Crippen LogP contribution in [0.25, 0.3) is 0 Å². The lowest BCUT2D eigenvalue weighted by Crippen LogP contribution is -2.30. The number of rotatable bonds is 3. The van der Waals surface area contributed by atoms with Crippen LogP contribution in [0.15, 0.2) is 16.9 Å². The van der Waals surface area contributed by atoms with Crippen LogP contribution in [0.2, 0.25) is 0 Å². The Morgan fingerprint density at radius 2 is 2.57 bits per heavy atom. The van der Waals surface area contributed by atoms with Gasteiger partial charge >= 0.3 is 0 Å². The third kappa shape index (κ3) is 2.58. The van der Waals surface area contributed by atoms with Crippen molar-refractivity contribution in [3.8, 4) is 0 Å². The molecule has 1 unspecified atom stereocenters. The van der Waals surface area contributed by atoms with E-state index in [1.807, 2.05) is 16.9 Å². The lowest BCUT2D eigenvalue weighted by atomic mass is 9.96. The fraction of sp³-hybridized carbons (Fsp3) is 0.700. The lowest BCUT2D eigenvalue weighted by Gasteiger charge is -2.22. The second-order valence-corrected chi connectivity index (χ2v) is 4.69. The Balaban J connectivity index is 1.79. The summed E-state index contributed by atoms with van der Waals surface area (Å²) in [6.07, 6.45) is 5.76. The maximum atomic E-state index is 4.25. The van der Waals surface area contributed by atoms with Crippen LogP contribution in [0.1, 0.15) is 19.3 Å². The maximum Gasteiger partial charge on any atom is 0.104 e. The quantitative estimate of drug-likeness (QED) is 0.899. The molecule has 2 rings (SSSR count). The molecule has 3 nitrogen and oxygen atoms in total. The van der Waals surface area contributed by atoms with Crippen LogP contribution >= 0.6 is 15.9 Å². The minimum Gasteiger partial charge on any atom is -0.316 e. The van der Waals surface area contributed by atoms with Gasteiger partial charge in [0.2, 0.25) is 0 Å². The van der Waals surface area contributed by atoms with Gasteiger partial charge in [0.1, 0.15) is 4.60 Å². The Labute approximate surface area is 93.0 Å². The molecule has 1 fully saturated rings. The Kier molecular flexibility index (Phi) is 3.59. The number of halogens is 1. The highest BCUT2D eigenvalue weighted by atomic mass is 79.9. The fourth-order valence-electron chi connectivity index (χ4n) is 1.96. The van der Waals surface area contributed by atoms with Crippen LogP contribution in [0.3, 0.4) is 0 Å². The molecule has 0 amide bonds. The van der Waals surface area contributed by atoms with Crippen LogP contribution in [-0.2, 0) is 6.54 Å². The van der Waals surface area contributed by atoms with Crippen LogP contribution < -0.4 is 5.32 Å². The summed E-state index contributed by atoms with van der Waals surface area (Å²) in [5.41, 5.74) is 0. The van der Waals surface area contributed by atoms with Gasteiger partial charge in [-0.25, -0.2) is 0 Å². The largest absolute Gasteiger partial charge is 0.316 e.